The monoisotopic (exact) mass is 394 g/mol. The average molecular weight is 395 g/mol. The van der Waals surface area contributed by atoms with E-state index in [9.17, 15) is 14.0 Å². The molecule has 138 valence electrons. The van der Waals surface area contributed by atoms with E-state index < -0.39 is 11.7 Å². The van der Waals surface area contributed by atoms with Crippen molar-refractivity contribution >= 4 is 34.8 Å². The maximum absolute atomic E-state index is 13.7. The fourth-order valence-corrected chi connectivity index (χ4v) is 4.67. The smallest absolute Gasteiger partial charge is 0.256 e. The summed E-state index contributed by atoms with van der Waals surface area (Å²) in [5, 5.41) is 7.42. The number of benzene rings is 1. The van der Waals surface area contributed by atoms with Gasteiger partial charge in [-0.15, -0.1) is 11.3 Å². The number of nitrogens with one attached hydrogen (secondary N) is 2. The van der Waals surface area contributed by atoms with E-state index in [1.165, 1.54) is 17.0 Å². The maximum Gasteiger partial charge on any atom is 0.256 e. The third-order valence-corrected chi connectivity index (χ3v) is 6.26. The second-order valence-electron chi connectivity index (χ2n) is 6.52. The van der Waals surface area contributed by atoms with Crippen LogP contribution in [0, 0.1) is 5.82 Å². The molecule has 0 bridgehead atoms. The molecule has 0 atom stereocenters. The first-order valence-electron chi connectivity index (χ1n) is 8.55. The van der Waals surface area contributed by atoms with E-state index in [2.05, 4.69) is 22.1 Å². The Morgan fingerprint density at radius 3 is 2.58 bits per heavy atom. The first-order chi connectivity index (χ1) is 12.5. The Morgan fingerprint density at radius 1 is 1.15 bits per heavy atom. The number of carbonyl (C=O) groups excluding carboxylic acids is 2. The topological polar surface area (TPSA) is 58.2 Å². The van der Waals surface area contributed by atoms with Crippen LogP contribution in [-0.4, -0.2) is 24.9 Å². The van der Waals surface area contributed by atoms with Crippen LogP contribution < -0.4 is 10.6 Å². The van der Waals surface area contributed by atoms with Gasteiger partial charge in [-0.05, 0) is 36.4 Å². The van der Waals surface area contributed by atoms with E-state index in [0.29, 0.717) is 6.54 Å². The van der Waals surface area contributed by atoms with Crippen LogP contribution in [0.3, 0.4) is 0 Å². The van der Waals surface area contributed by atoms with Crippen molar-refractivity contribution < 1.29 is 14.0 Å². The highest BCUT2D eigenvalue weighted by atomic mass is 35.5. The molecule has 1 aliphatic carbocycles. The summed E-state index contributed by atoms with van der Waals surface area (Å²) in [6.45, 7) is 0.326. The van der Waals surface area contributed by atoms with Crippen LogP contribution in [0.25, 0.3) is 0 Å². The summed E-state index contributed by atoms with van der Waals surface area (Å²) in [5.74, 6) is -1.70. The molecule has 1 aromatic carbocycles. The summed E-state index contributed by atoms with van der Waals surface area (Å²) in [5.41, 5.74) is -0.254. The van der Waals surface area contributed by atoms with Crippen molar-refractivity contribution in [1.29, 1.82) is 0 Å². The van der Waals surface area contributed by atoms with Gasteiger partial charge in [0.1, 0.15) is 5.82 Å². The van der Waals surface area contributed by atoms with Gasteiger partial charge in [0, 0.05) is 16.8 Å². The van der Waals surface area contributed by atoms with Gasteiger partial charge >= 0.3 is 0 Å². The fraction of sp³-hybridized carbons (Fsp3) is 0.368. The number of carbonyl (C=O) groups is 2. The third-order valence-electron chi connectivity index (χ3n) is 4.83. The molecule has 2 amide bonds. The summed E-state index contributed by atoms with van der Waals surface area (Å²) in [7, 11) is 0. The largest absolute Gasteiger partial charge is 0.354 e. The molecule has 0 unspecified atom stereocenters. The molecular weight excluding hydrogens is 375 g/mol. The molecule has 1 saturated carbocycles. The number of amides is 2. The molecular formula is C19H20ClFN2O2S. The van der Waals surface area contributed by atoms with Crippen LogP contribution in [0.15, 0.2) is 35.7 Å². The van der Waals surface area contributed by atoms with Crippen LogP contribution in [0.1, 0.15) is 40.9 Å². The van der Waals surface area contributed by atoms with Crippen molar-refractivity contribution in [3.63, 3.8) is 0 Å². The van der Waals surface area contributed by atoms with E-state index >= 15 is 0 Å². The van der Waals surface area contributed by atoms with E-state index in [4.69, 9.17) is 11.6 Å². The van der Waals surface area contributed by atoms with E-state index in [1.807, 2.05) is 6.07 Å². The zero-order chi connectivity index (χ0) is 18.6. The predicted octanol–water partition coefficient (Wildman–Crippen LogP) is 3.90. The van der Waals surface area contributed by atoms with Gasteiger partial charge in [-0.1, -0.05) is 36.6 Å². The lowest BCUT2D eigenvalue weighted by Crippen LogP contribution is -2.43. The Kier molecular flexibility index (Phi) is 5.94. The molecule has 2 aromatic rings. The minimum atomic E-state index is -0.710. The molecule has 1 heterocycles. The lowest BCUT2D eigenvalue weighted by molar-refractivity contribution is -0.120. The standard InChI is InChI=1S/C19H20ClFN2O2S/c20-13-5-3-6-14(21)17(13)18(25)22-11-16(24)23-12-19(8-1-2-9-19)15-7-4-10-26-15/h3-7,10H,1-2,8-9,11-12H2,(H,22,25)(H,23,24). The number of thiophene rings is 1. The van der Waals surface area contributed by atoms with Gasteiger partial charge in [0.15, 0.2) is 0 Å². The Balaban J connectivity index is 1.55. The molecule has 26 heavy (non-hydrogen) atoms. The minimum absolute atomic E-state index is 0.0112. The molecule has 0 radical (unpaired) electrons. The number of halogens is 2. The Bertz CT molecular complexity index is 769. The summed E-state index contributed by atoms with van der Waals surface area (Å²) in [4.78, 5) is 25.5. The number of hydrogen-bond acceptors (Lipinski definition) is 3. The van der Waals surface area contributed by atoms with Crippen LogP contribution in [0.2, 0.25) is 5.02 Å². The molecule has 1 aliphatic rings. The molecule has 3 rings (SSSR count). The van der Waals surface area contributed by atoms with Crippen LogP contribution in [0.4, 0.5) is 4.39 Å². The Labute approximate surface area is 160 Å². The highest BCUT2D eigenvalue weighted by Gasteiger charge is 2.36. The lowest BCUT2D eigenvalue weighted by Gasteiger charge is -2.28. The summed E-state index contributed by atoms with van der Waals surface area (Å²) < 4.78 is 13.7. The van der Waals surface area contributed by atoms with Crippen molar-refractivity contribution in [3.05, 3.63) is 57.0 Å². The first kappa shape index (κ1) is 18.9. The highest BCUT2D eigenvalue weighted by Crippen LogP contribution is 2.42. The van der Waals surface area contributed by atoms with E-state index in [1.54, 1.807) is 11.3 Å². The van der Waals surface area contributed by atoms with Gasteiger partial charge in [-0.3, -0.25) is 9.59 Å². The van der Waals surface area contributed by atoms with Crippen molar-refractivity contribution in [1.82, 2.24) is 10.6 Å². The second-order valence-corrected chi connectivity index (χ2v) is 7.88. The molecule has 2 N–H and O–H groups in total. The SMILES string of the molecule is O=C(CNC(=O)c1c(F)cccc1Cl)NCC1(c2cccs2)CCCC1. The van der Waals surface area contributed by atoms with Crippen molar-refractivity contribution in [2.45, 2.75) is 31.1 Å². The third kappa shape index (κ3) is 4.07. The van der Waals surface area contributed by atoms with Gasteiger partial charge in [0.2, 0.25) is 5.91 Å². The van der Waals surface area contributed by atoms with Gasteiger partial charge in [0.05, 0.1) is 17.1 Å². The molecule has 1 fully saturated rings. The van der Waals surface area contributed by atoms with Gasteiger partial charge in [-0.2, -0.15) is 0 Å². The quantitative estimate of drug-likeness (QED) is 0.780. The summed E-state index contributed by atoms with van der Waals surface area (Å²) in [6.07, 6.45) is 4.39. The maximum atomic E-state index is 13.7. The molecule has 1 aromatic heterocycles. The number of rotatable bonds is 6. The molecule has 0 saturated heterocycles. The molecule has 0 spiro atoms. The van der Waals surface area contributed by atoms with Gasteiger partial charge in [0.25, 0.3) is 5.91 Å². The van der Waals surface area contributed by atoms with E-state index in [-0.39, 0.29) is 28.5 Å². The fourth-order valence-electron chi connectivity index (χ4n) is 3.44. The van der Waals surface area contributed by atoms with Crippen molar-refractivity contribution in [3.8, 4) is 0 Å². The second kappa shape index (κ2) is 8.18. The Hall–Kier alpha value is -1.92. The average Bonchev–Trinajstić information content (AvgIpc) is 3.30. The van der Waals surface area contributed by atoms with E-state index in [0.717, 1.165) is 31.7 Å². The summed E-state index contributed by atoms with van der Waals surface area (Å²) in [6, 6.07) is 8.16. The Morgan fingerprint density at radius 2 is 1.92 bits per heavy atom. The van der Waals surface area contributed by atoms with Crippen molar-refractivity contribution in [2.24, 2.45) is 0 Å². The summed E-state index contributed by atoms with van der Waals surface area (Å²) >= 11 is 7.57. The minimum Gasteiger partial charge on any atom is -0.354 e. The van der Waals surface area contributed by atoms with Crippen LogP contribution in [0.5, 0.6) is 0 Å². The van der Waals surface area contributed by atoms with Crippen molar-refractivity contribution in [2.75, 3.05) is 13.1 Å². The van der Waals surface area contributed by atoms with Gasteiger partial charge in [-0.25, -0.2) is 4.39 Å². The van der Waals surface area contributed by atoms with Crippen LogP contribution in [-0.2, 0) is 10.2 Å². The normalized spacial score (nSPS) is 15.6. The molecule has 0 aliphatic heterocycles. The lowest BCUT2D eigenvalue weighted by atomic mass is 9.84. The first-order valence-corrected chi connectivity index (χ1v) is 9.80. The molecule has 4 nitrogen and oxygen atoms in total. The van der Waals surface area contributed by atoms with Crippen LogP contribution >= 0.6 is 22.9 Å². The van der Waals surface area contributed by atoms with Gasteiger partial charge < -0.3 is 10.6 Å². The number of hydrogen-bond donors (Lipinski definition) is 2. The highest BCUT2D eigenvalue weighted by molar-refractivity contribution is 7.10. The molecule has 7 heteroatoms. The zero-order valence-corrected chi connectivity index (χ0v) is 15.8. The zero-order valence-electron chi connectivity index (χ0n) is 14.2. The predicted molar refractivity (Wildman–Crippen MR) is 101 cm³/mol.